The van der Waals surface area contributed by atoms with Gasteiger partial charge in [0.1, 0.15) is 0 Å². The molecule has 1 atom stereocenters. The van der Waals surface area contributed by atoms with Crippen molar-refractivity contribution >= 4 is 23.8 Å². The first-order valence-electron chi connectivity index (χ1n) is 10.5. The van der Waals surface area contributed by atoms with E-state index in [1.807, 2.05) is 18.7 Å². The summed E-state index contributed by atoms with van der Waals surface area (Å²) in [7, 11) is 0. The molecule has 8 nitrogen and oxygen atoms in total. The van der Waals surface area contributed by atoms with Crippen LogP contribution in [0.2, 0.25) is 0 Å². The molecule has 0 saturated carbocycles. The molecule has 3 heterocycles. The van der Waals surface area contributed by atoms with Crippen LogP contribution in [0.3, 0.4) is 0 Å². The molecule has 3 saturated heterocycles. The van der Waals surface area contributed by atoms with Gasteiger partial charge in [-0.15, -0.1) is 0 Å². The van der Waals surface area contributed by atoms with Crippen molar-refractivity contribution < 1.29 is 14.3 Å². The fourth-order valence-electron chi connectivity index (χ4n) is 4.07. The summed E-state index contributed by atoms with van der Waals surface area (Å²) in [5.41, 5.74) is 0.155. The molecule has 3 aliphatic heterocycles. The number of thioether (sulfide) groups is 1. The van der Waals surface area contributed by atoms with E-state index in [-0.39, 0.29) is 11.6 Å². The number of carbonyl (C=O) groups excluding carboxylic acids is 1. The Hall–Kier alpha value is -1.19. The standard InChI is InChI=1S/C19H35N5O3S/c1-3-20-17(22-6-8-23(9-7-22)18(25)27-4-2)21-15-19(5-14-28-16-19)24-10-12-26-13-11-24/h3-16H2,1-2H3,(H,20,21). The highest BCUT2D eigenvalue weighted by molar-refractivity contribution is 7.99. The topological polar surface area (TPSA) is 69.6 Å². The summed E-state index contributed by atoms with van der Waals surface area (Å²) in [6.45, 7) is 12.6. The molecule has 0 aromatic rings. The van der Waals surface area contributed by atoms with Crippen molar-refractivity contribution in [1.29, 1.82) is 0 Å². The van der Waals surface area contributed by atoms with Crippen LogP contribution in [0.5, 0.6) is 0 Å². The van der Waals surface area contributed by atoms with Crippen LogP contribution in [0.4, 0.5) is 4.79 Å². The minimum atomic E-state index is -0.210. The Bertz CT molecular complexity index is 528. The quantitative estimate of drug-likeness (QED) is 0.531. The molecule has 1 N–H and O–H groups in total. The number of ether oxygens (including phenoxy) is 2. The van der Waals surface area contributed by atoms with Crippen LogP contribution in [-0.4, -0.2) is 116 Å². The summed E-state index contributed by atoms with van der Waals surface area (Å²) in [5, 5.41) is 3.46. The van der Waals surface area contributed by atoms with Crippen LogP contribution in [0, 0.1) is 0 Å². The number of morpholine rings is 1. The normalized spacial score (nSPS) is 27.1. The summed E-state index contributed by atoms with van der Waals surface area (Å²) < 4.78 is 10.7. The molecule has 9 heteroatoms. The van der Waals surface area contributed by atoms with E-state index in [0.717, 1.165) is 64.2 Å². The van der Waals surface area contributed by atoms with Gasteiger partial charge in [0.05, 0.1) is 31.9 Å². The lowest BCUT2D eigenvalue weighted by Gasteiger charge is -2.42. The Labute approximate surface area is 173 Å². The van der Waals surface area contributed by atoms with Crippen LogP contribution >= 0.6 is 11.8 Å². The predicted molar refractivity (Wildman–Crippen MR) is 113 cm³/mol. The molecule has 0 bridgehead atoms. The number of nitrogens with zero attached hydrogens (tertiary/aromatic N) is 4. The van der Waals surface area contributed by atoms with Crippen molar-refractivity contribution in [2.45, 2.75) is 25.8 Å². The Kier molecular flexibility index (Phi) is 8.11. The molecule has 1 amide bonds. The number of guanidine groups is 1. The molecule has 3 rings (SSSR count). The molecular formula is C19H35N5O3S. The van der Waals surface area contributed by atoms with Crippen molar-refractivity contribution in [3.05, 3.63) is 0 Å². The second-order valence-corrected chi connectivity index (χ2v) is 8.57. The molecule has 28 heavy (non-hydrogen) atoms. The van der Waals surface area contributed by atoms with E-state index in [0.29, 0.717) is 19.7 Å². The highest BCUT2D eigenvalue weighted by atomic mass is 32.2. The number of hydrogen-bond acceptors (Lipinski definition) is 6. The summed E-state index contributed by atoms with van der Waals surface area (Å²) in [5.74, 6) is 3.32. The van der Waals surface area contributed by atoms with Gasteiger partial charge in [-0.1, -0.05) is 0 Å². The van der Waals surface area contributed by atoms with Gasteiger partial charge in [0.2, 0.25) is 0 Å². The second-order valence-electron chi connectivity index (χ2n) is 7.47. The highest BCUT2D eigenvalue weighted by Gasteiger charge is 2.40. The third kappa shape index (κ3) is 5.24. The van der Waals surface area contributed by atoms with E-state index in [2.05, 4.69) is 22.0 Å². The maximum Gasteiger partial charge on any atom is 0.409 e. The molecule has 0 aromatic carbocycles. The molecule has 0 aromatic heterocycles. The first-order valence-corrected chi connectivity index (χ1v) is 11.7. The van der Waals surface area contributed by atoms with Crippen LogP contribution in [0.15, 0.2) is 4.99 Å². The lowest BCUT2D eigenvalue weighted by molar-refractivity contribution is -0.0105. The van der Waals surface area contributed by atoms with E-state index in [1.54, 1.807) is 4.90 Å². The van der Waals surface area contributed by atoms with Crippen molar-refractivity contribution in [3.63, 3.8) is 0 Å². The van der Waals surface area contributed by atoms with E-state index < -0.39 is 0 Å². The third-order valence-corrected chi connectivity index (χ3v) is 6.96. The average molecular weight is 414 g/mol. The zero-order chi connectivity index (χ0) is 19.8. The van der Waals surface area contributed by atoms with Gasteiger partial charge in [0.15, 0.2) is 5.96 Å². The number of hydrogen-bond donors (Lipinski definition) is 1. The Morgan fingerprint density at radius 1 is 1.14 bits per heavy atom. The number of aliphatic imine (C=N–C) groups is 1. The van der Waals surface area contributed by atoms with Gasteiger partial charge in [0, 0.05) is 51.6 Å². The summed E-state index contributed by atoms with van der Waals surface area (Å²) >= 11 is 2.04. The van der Waals surface area contributed by atoms with Crippen LogP contribution in [0.25, 0.3) is 0 Å². The Morgan fingerprint density at radius 3 is 2.46 bits per heavy atom. The van der Waals surface area contributed by atoms with Gasteiger partial charge in [-0.25, -0.2) is 4.79 Å². The number of carbonyl (C=O) groups is 1. The van der Waals surface area contributed by atoms with Crippen LogP contribution < -0.4 is 5.32 Å². The van der Waals surface area contributed by atoms with E-state index in [1.165, 1.54) is 12.2 Å². The average Bonchev–Trinajstić information content (AvgIpc) is 3.22. The minimum absolute atomic E-state index is 0.155. The van der Waals surface area contributed by atoms with Gasteiger partial charge in [-0.2, -0.15) is 11.8 Å². The minimum Gasteiger partial charge on any atom is -0.450 e. The van der Waals surface area contributed by atoms with Crippen LogP contribution in [0.1, 0.15) is 20.3 Å². The molecule has 0 spiro atoms. The van der Waals surface area contributed by atoms with Gasteiger partial charge in [-0.05, 0) is 26.0 Å². The Balaban J connectivity index is 1.62. The van der Waals surface area contributed by atoms with Crippen molar-refractivity contribution in [3.8, 4) is 0 Å². The lowest BCUT2D eigenvalue weighted by Crippen LogP contribution is -2.57. The maximum atomic E-state index is 11.9. The second kappa shape index (κ2) is 10.5. The molecule has 3 fully saturated rings. The van der Waals surface area contributed by atoms with E-state index >= 15 is 0 Å². The van der Waals surface area contributed by atoms with Gasteiger partial charge < -0.3 is 24.6 Å². The van der Waals surface area contributed by atoms with Gasteiger partial charge in [0.25, 0.3) is 0 Å². The molecule has 0 aliphatic carbocycles. The van der Waals surface area contributed by atoms with Gasteiger partial charge in [-0.3, -0.25) is 9.89 Å². The Morgan fingerprint density at radius 2 is 1.86 bits per heavy atom. The smallest absolute Gasteiger partial charge is 0.409 e. The van der Waals surface area contributed by atoms with Gasteiger partial charge >= 0.3 is 6.09 Å². The van der Waals surface area contributed by atoms with Crippen molar-refractivity contribution in [2.24, 2.45) is 4.99 Å². The van der Waals surface area contributed by atoms with E-state index in [4.69, 9.17) is 14.5 Å². The lowest BCUT2D eigenvalue weighted by atomic mass is 9.96. The molecule has 3 aliphatic rings. The van der Waals surface area contributed by atoms with E-state index in [9.17, 15) is 4.79 Å². The highest BCUT2D eigenvalue weighted by Crippen LogP contribution is 2.34. The number of piperazine rings is 1. The summed E-state index contributed by atoms with van der Waals surface area (Å²) in [6, 6.07) is 0. The monoisotopic (exact) mass is 413 g/mol. The third-order valence-electron chi connectivity index (χ3n) is 5.73. The number of amides is 1. The molecule has 1 unspecified atom stereocenters. The molecule has 0 radical (unpaired) electrons. The largest absolute Gasteiger partial charge is 0.450 e. The number of rotatable bonds is 5. The number of nitrogens with one attached hydrogen (secondary N) is 1. The predicted octanol–water partition coefficient (Wildman–Crippen LogP) is 0.934. The summed E-state index contributed by atoms with van der Waals surface area (Å²) in [6.07, 6.45) is 0.982. The fraction of sp³-hybridized carbons (Fsp3) is 0.895. The fourth-order valence-corrected chi connectivity index (χ4v) is 5.54. The summed E-state index contributed by atoms with van der Waals surface area (Å²) in [4.78, 5) is 23.7. The SMILES string of the molecule is CCNC(=NCC1(N2CCOCC2)CCSC1)N1CCN(C(=O)OCC)CC1. The van der Waals surface area contributed by atoms with Crippen molar-refractivity contribution in [1.82, 2.24) is 20.0 Å². The molecule has 160 valence electrons. The molecular weight excluding hydrogens is 378 g/mol. The van der Waals surface area contributed by atoms with Crippen LogP contribution in [-0.2, 0) is 9.47 Å². The maximum absolute atomic E-state index is 11.9. The first-order chi connectivity index (χ1) is 13.7. The zero-order valence-electron chi connectivity index (χ0n) is 17.3. The zero-order valence-corrected chi connectivity index (χ0v) is 18.1. The first kappa shape index (κ1) is 21.5. The van der Waals surface area contributed by atoms with Crippen molar-refractivity contribution in [2.75, 3.05) is 83.7 Å².